The Hall–Kier alpha value is -3.39. The van der Waals surface area contributed by atoms with E-state index < -0.39 is 9.84 Å². The predicted molar refractivity (Wildman–Crippen MR) is 159 cm³/mol. The Labute approximate surface area is 247 Å². The summed E-state index contributed by atoms with van der Waals surface area (Å²) in [5.41, 5.74) is 5.88. The number of hydrogen-bond acceptors (Lipinski definition) is 6. The highest BCUT2D eigenvalue weighted by molar-refractivity contribution is 7.91. The maximum absolute atomic E-state index is 15.2. The van der Waals surface area contributed by atoms with Crippen LogP contribution in [0.1, 0.15) is 60.8 Å². The number of esters is 1. The van der Waals surface area contributed by atoms with E-state index in [-0.39, 0.29) is 47.7 Å². The molecule has 0 bridgehead atoms. The lowest BCUT2D eigenvalue weighted by Crippen LogP contribution is -2.26. The molecule has 6 rings (SSSR count). The average Bonchev–Trinajstić information content (AvgIpc) is 3.80. The lowest BCUT2D eigenvalue weighted by molar-refractivity contribution is -0.144. The third-order valence-electron chi connectivity index (χ3n) is 8.77. The topological polar surface area (TPSA) is 78.9 Å². The quantitative estimate of drug-likeness (QED) is 0.267. The summed E-state index contributed by atoms with van der Waals surface area (Å²) in [5, 5.41) is 0. The minimum atomic E-state index is -2.88. The molecule has 3 aromatic carbocycles. The maximum Gasteiger partial charge on any atom is 0.309 e. The third kappa shape index (κ3) is 6.48. The molecule has 6 nitrogen and oxygen atoms in total. The Kier molecular flexibility index (Phi) is 8.26. The van der Waals surface area contributed by atoms with Crippen LogP contribution in [0.5, 0.6) is 11.5 Å². The molecule has 0 unspecified atom stereocenters. The van der Waals surface area contributed by atoms with Crippen molar-refractivity contribution >= 4 is 15.8 Å². The minimum Gasteiger partial charge on any atom is -0.493 e. The van der Waals surface area contributed by atoms with Gasteiger partial charge in [0.15, 0.2) is 0 Å². The zero-order valence-corrected chi connectivity index (χ0v) is 24.8. The lowest BCUT2D eigenvalue weighted by atomic mass is 9.94. The first-order chi connectivity index (χ1) is 20.3. The first-order valence-electron chi connectivity index (χ1n) is 15.0. The van der Waals surface area contributed by atoms with Gasteiger partial charge in [0.1, 0.15) is 33.8 Å². The van der Waals surface area contributed by atoms with Gasteiger partial charge in [-0.2, -0.15) is 0 Å². The highest BCUT2D eigenvalue weighted by Crippen LogP contribution is 2.48. The van der Waals surface area contributed by atoms with Crippen molar-refractivity contribution in [3.8, 4) is 22.6 Å². The predicted octanol–water partition coefficient (Wildman–Crippen LogP) is 6.43. The Morgan fingerprint density at radius 1 is 0.905 bits per heavy atom. The van der Waals surface area contributed by atoms with Crippen molar-refractivity contribution in [3.63, 3.8) is 0 Å². The van der Waals surface area contributed by atoms with Crippen LogP contribution in [0.3, 0.4) is 0 Å². The Morgan fingerprint density at radius 2 is 1.62 bits per heavy atom. The van der Waals surface area contributed by atoms with Gasteiger partial charge < -0.3 is 14.2 Å². The summed E-state index contributed by atoms with van der Waals surface area (Å²) in [6, 6.07) is 17.4. The second-order valence-electron chi connectivity index (χ2n) is 11.7. The largest absolute Gasteiger partial charge is 0.493 e. The van der Waals surface area contributed by atoms with E-state index in [0.29, 0.717) is 37.4 Å². The number of rotatable bonds is 9. The molecule has 1 saturated carbocycles. The molecule has 1 heterocycles. The summed E-state index contributed by atoms with van der Waals surface area (Å²) >= 11 is 0. The van der Waals surface area contributed by atoms with Crippen LogP contribution in [0.25, 0.3) is 11.1 Å². The van der Waals surface area contributed by atoms with E-state index in [4.69, 9.17) is 14.2 Å². The summed E-state index contributed by atoms with van der Waals surface area (Å²) in [6.45, 7) is 2.84. The van der Waals surface area contributed by atoms with Gasteiger partial charge in [0.2, 0.25) is 0 Å². The molecule has 222 valence electrons. The van der Waals surface area contributed by atoms with Crippen LogP contribution in [0.2, 0.25) is 0 Å². The van der Waals surface area contributed by atoms with Crippen molar-refractivity contribution < 1.29 is 31.8 Å². The molecule has 8 heteroatoms. The second kappa shape index (κ2) is 12.1. The zero-order valence-electron chi connectivity index (χ0n) is 23.9. The molecule has 0 amide bonds. The van der Waals surface area contributed by atoms with Crippen LogP contribution in [0.15, 0.2) is 54.6 Å². The van der Waals surface area contributed by atoms with Crippen molar-refractivity contribution in [1.29, 1.82) is 0 Å². The molecule has 2 fully saturated rings. The van der Waals surface area contributed by atoms with Crippen LogP contribution in [-0.2, 0) is 38.8 Å². The molecule has 2 atom stereocenters. The number of carbonyl (C=O) groups excluding carboxylic acids is 1. The van der Waals surface area contributed by atoms with E-state index in [0.717, 1.165) is 53.7 Å². The normalized spacial score (nSPS) is 21.0. The molecule has 0 aromatic heterocycles. The SMILES string of the molecule is CCOC(=O)[C@H]1C[C@@H]1c1ccc(OCc2cc3c(cc2F)CCCc2cc(OCC4CCS(=O)(=O)CC4)ccc2-3)cc1. The highest BCUT2D eigenvalue weighted by Gasteiger charge is 2.45. The van der Waals surface area contributed by atoms with E-state index >= 15 is 4.39 Å². The van der Waals surface area contributed by atoms with Gasteiger partial charge in [0.25, 0.3) is 0 Å². The molecule has 3 aromatic rings. The van der Waals surface area contributed by atoms with Crippen LogP contribution in [0.4, 0.5) is 4.39 Å². The first-order valence-corrected chi connectivity index (χ1v) is 16.8. The fraction of sp³-hybridized carbons (Fsp3) is 0.441. The number of carbonyl (C=O) groups is 1. The van der Waals surface area contributed by atoms with Gasteiger partial charge in [-0.25, -0.2) is 12.8 Å². The van der Waals surface area contributed by atoms with E-state index in [1.54, 1.807) is 6.07 Å². The van der Waals surface area contributed by atoms with E-state index in [1.807, 2.05) is 43.3 Å². The molecule has 42 heavy (non-hydrogen) atoms. The van der Waals surface area contributed by atoms with Crippen molar-refractivity contribution in [2.75, 3.05) is 24.7 Å². The van der Waals surface area contributed by atoms with E-state index in [2.05, 4.69) is 12.1 Å². The van der Waals surface area contributed by atoms with Gasteiger partial charge in [-0.1, -0.05) is 18.2 Å². The summed E-state index contributed by atoms with van der Waals surface area (Å²) in [6.07, 6.45) is 4.70. The number of fused-ring (bicyclic) bond motifs is 3. The van der Waals surface area contributed by atoms with E-state index in [1.165, 1.54) is 5.56 Å². The summed E-state index contributed by atoms with van der Waals surface area (Å²) in [7, 11) is -2.88. The van der Waals surface area contributed by atoms with Gasteiger partial charge in [-0.15, -0.1) is 0 Å². The van der Waals surface area contributed by atoms with Gasteiger partial charge in [0.05, 0.1) is 30.6 Å². The van der Waals surface area contributed by atoms with Crippen molar-refractivity contribution in [2.24, 2.45) is 11.8 Å². The monoisotopic (exact) mass is 592 g/mol. The van der Waals surface area contributed by atoms with Crippen LogP contribution in [0, 0.1) is 17.7 Å². The average molecular weight is 593 g/mol. The maximum atomic E-state index is 15.2. The number of benzene rings is 3. The van der Waals surface area contributed by atoms with Crippen molar-refractivity contribution in [1.82, 2.24) is 0 Å². The smallest absolute Gasteiger partial charge is 0.309 e. The first kappa shape index (κ1) is 28.7. The second-order valence-corrected chi connectivity index (χ2v) is 14.0. The number of aryl methyl sites for hydroxylation is 2. The van der Waals surface area contributed by atoms with Crippen LogP contribution < -0.4 is 9.47 Å². The molecule has 0 spiro atoms. The van der Waals surface area contributed by atoms with Crippen LogP contribution >= 0.6 is 0 Å². The highest BCUT2D eigenvalue weighted by atomic mass is 32.2. The van der Waals surface area contributed by atoms with Gasteiger partial charge >= 0.3 is 5.97 Å². The number of halogens is 1. The number of sulfone groups is 1. The van der Waals surface area contributed by atoms with Crippen LogP contribution in [-0.4, -0.2) is 39.1 Å². The zero-order chi connectivity index (χ0) is 29.3. The van der Waals surface area contributed by atoms with Gasteiger partial charge in [-0.3, -0.25) is 4.79 Å². The van der Waals surface area contributed by atoms with Gasteiger partial charge in [-0.05, 0) is 121 Å². The molecule has 0 radical (unpaired) electrons. The Bertz CT molecular complexity index is 1550. The standard InChI is InChI=1S/C34H37FO6S/c1-2-39-34(36)32-19-31(32)23-6-8-27(9-7-23)41-21-26-17-30-25(18-33(26)35)5-3-4-24-16-28(10-11-29(24)30)40-20-22-12-14-42(37,38)15-13-22/h6-11,16-18,22,31-32H,2-5,12-15,19-21H2,1H3/t31-,32+/m1/s1. The Morgan fingerprint density at radius 3 is 2.36 bits per heavy atom. The number of ether oxygens (including phenoxy) is 3. The molecule has 0 N–H and O–H groups in total. The van der Waals surface area contributed by atoms with Crippen molar-refractivity contribution in [3.05, 3.63) is 82.7 Å². The molecule has 1 aliphatic heterocycles. The van der Waals surface area contributed by atoms with Gasteiger partial charge in [0, 0.05) is 5.56 Å². The van der Waals surface area contributed by atoms with E-state index in [9.17, 15) is 13.2 Å². The summed E-state index contributed by atoms with van der Waals surface area (Å²) in [5.74, 6) is 1.92. The Balaban J connectivity index is 1.11. The molecule has 1 saturated heterocycles. The van der Waals surface area contributed by atoms with Crippen molar-refractivity contribution in [2.45, 2.75) is 58.0 Å². The fourth-order valence-corrected chi connectivity index (χ4v) is 7.78. The summed E-state index contributed by atoms with van der Waals surface area (Å²) < 4.78 is 55.8. The molecule has 3 aliphatic rings. The minimum absolute atomic E-state index is 0.0612. The molecule has 2 aliphatic carbocycles. The third-order valence-corrected chi connectivity index (χ3v) is 10.5. The molecular formula is C34H37FO6S. The fourth-order valence-electron chi connectivity index (χ4n) is 6.19. The lowest BCUT2D eigenvalue weighted by Gasteiger charge is -2.22. The summed E-state index contributed by atoms with van der Waals surface area (Å²) in [4.78, 5) is 12.0. The molecular weight excluding hydrogens is 555 g/mol. The number of hydrogen-bond donors (Lipinski definition) is 0.